The van der Waals surface area contributed by atoms with Crippen LogP contribution >= 0.6 is 11.6 Å². The van der Waals surface area contributed by atoms with E-state index in [1.807, 2.05) is 0 Å². The van der Waals surface area contributed by atoms with Gasteiger partial charge in [0.1, 0.15) is 13.2 Å². The lowest BCUT2D eigenvalue weighted by Crippen LogP contribution is -2.23. The van der Waals surface area contributed by atoms with Crippen LogP contribution in [0.4, 0.5) is 8.78 Å². The SMILES string of the molecule is COc1ccc(CCNC(=O)/C=C/c2cc(Cl)c3c(c2)OCCO3)cc1OC(F)F. The summed E-state index contributed by atoms with van der Waals surface area (Å²) in [6.45, 7) is -1.76. The molecule has 1 N–H and O–H groups in total. The standard InChI is InChI=1S/C21H20ClF2NO5/c1-27-16-4-2-13(11-17(16)30-21(23)24)6-7-25-19(26)5-3-14-10-15(22)20-18(12-14)28-8-9-29-20/h2-5,10-12,21H,6-9H2,1H3,(H,25,26)/b5-3+. The molecule has 3 rings (SSSR count). The van der Waals surface area contributed by atoms with Gasteiger partial charge >= 0.3 is 6.61 Å². The summed E-state index contributed by atoms with van der Waals surface area (Å²) in [5, 5.41) is 3.14. The fourth-order valence-corrected chi connectivity index (χ4v) is 3.13. The van der Waals surface area contributed by atoms with Crippen LogP contribution in [0.5, 0.6) is 23.0 Å². The van der Waals surface area contributed by atoms with Gasteiger partial charge in [0.05, 0.1) is 12.1 Å². The van der Waals surface area contributed by atoms with Crippen molar-refractivity contribution in [1.29, 1.82) is 0 Å². The second-order valence-electron chi connectivity index (χ2n) is 6.26. The van der Waals surface area contributed by atoms with Gasteiger partial charge in [-0.3, -0.25) is 4.79 Å². The van der Waals surface area contributed by atoms with Crippen LogP contribution < -0.4 is 24.3 Å². The Kier molecular flexibility index (Phi) is 7.35. The number of carbonyl (C=O) groups excluding carboxylic acids is 1. The molecule has 0 aromatic heterocycles. The van der Waals surface area contributed by atoms with Crippen molar-refractivity contribution in [2.45, 2.75) is 13.0 Å². The maximum absolute atomic E-state index is 12.5. The van der Waals surface area contributed by atoms with Crippen molar-refractivity contribution in [3.05, 3.63) is 52.6 Å². The summed E-state index contributed by atoms with van der Waals surface area (Å²) >= 11 is 6.17. The quantitative estimate of drug-likeness (QED) is 0.627. The van der Waals surface area contributed by atoms with Crippen LogP contribution in [0.25, 0.3) is 6.08 Å². The molecule has 0 fully saturated rings. The fourth-order valence-electron chi connectivity index (χ4n) is 2.85. The minimum atomic E-state index is -2.95. The van der Waals surface area contributed by atoms with E-state index in [-0.39, 0.29) is 17.4 Å². The highest BCUT2D eigenvalue weighted by Crippen LogP contribution is 2.38. The second-order valence-corrected chi connectivity index (χ2v) is 6.67. The molecular weight excluding hydrogens is 420 g/mol. The molecule has 0 saturated heterocycles. The molecule has 0 bridgehead atoms. The molecule has 0 spiro atoms. The first-order valence-corrected chi connectivity index (χ1v) is 9.51. The van der Waals surface area contributed by atoms with Crippen molar-refractivity contribution < 1.29 is 32.5 Å². The second kappa shape index (κ2) is 10.2. The Labute approximate surface area is 177 Å². The Morgan fingerprint density at radius 2 is 2.03 bits per heavy atom. The largest absolute Gasteiger partial charge is 0.493 e. The van der Waals surface area contributed by atoms with Gasteiger partial charge in [-0.2, -0.15) is 8.78 Å². The Bertz CT molecular complexity index is 936. The van der Waals surface area contributed by atoms with E-state index in [2.05, 4.69) is 10.1 Å². The summed E-state index contributed by atoms with van der Waals surface area (Å²) < 4.78 is 45.4. The molecule has 30 heavy (non-hydrogen) atoms. The zero-order chi connectivity index (χ0) is 21.5. The average molecular weight is 440 g/mol. The third-order valence-electron chi connectivity index (χ3n) is 4.20. The van der Waals surface area contributed by atoms with Crippen LogP contribution in [0.2, 0.25) is 5.02 Å². The summed E-state index contributed by atoms with van der Waals surface area (Å²) in [6.07, 6.45) is 3.42. The normalized spacial score (nSPS) is 12.8. The highest BCUT2D eigenvalue weighted by Gasteiger charge is 2.16. The van der Waals surface area contributed by atoms with E-state index < -0.39 is 6.61 Å². The molecule has 0 unspecified atom stereocenters. The number of hydrogen-bond donors (Lipinski definition) is 1. The molecule has 2 aromatic carbocycles. The van der Waals surface area contributed by atoms with Crippen LogP contribution in [0, 0.1) is 0 Å². The van der Waals surface area contributed by atoms with E-state index in [0.717, 1.165) is 0 Å². The maximum atomic E-state index is 12.5. The number of carbonyl (C=O) groups is 1. The van der Waals surface area contributed by atoms with Crippen LogP contribution in [-0.2, 0) is 11.2 Å². The summed E-state index contributed by atoms with van der Waals surface area (Å²) in [4.78, 5) is 12.1. The van der Waals surface area contributed by atoms with E-state index >= 15 is 0 Å². The van der Waals surface area contributed by atoms with Gasteiger partial charge in [-0.1, -0.05) is 17.7 Å². The van der Waals surface area contributed by atoms with Gasteiger partial charge in [0.2, 0.25) is 5.91 Å². The van der Waals surface area contributed by atoms with Crippen molar-refractivity contribution >= 4 is 23.6 Å². The van der Waals surface area contributed by atoms with Gasteiger partial charge in [-0.15, -0.1) is 0 Å². The molecule has 0 radical (unpaired) electrons. The lowest BCUT2D eigenvalue weighted by Gasteiger charge is -2.19. The van der Waals surface area contributed by atoms with Gasteiger partial charge in [0.15, 0.2) is 23.0 Å². The maximum Gasteiger partial charge on any atom is 0.387 e. The van der Waals surface area contributed by atoms with Crippen LogP contribution in [0.1, 0.15) is 11.1 Å². The Balaban J connectivity index is 1.54. The number of amides is 1. The number of alkyl halides is 2. The van der Waals surface area contributed by atoms with Crippen LogP contribution in [0.15, 0.2) is 36.4 Å². The highest BCUT2D eigenvalue weighted by molar-refractivity contribution is 6.32. The average Bonchev–Trinajstić information content (AvgIpc) is 2.72. The monoisotopic (exact) mass is 439 g/mol. The van der Waals surface area contributed by atoms with Crippen LogP contribution in [0.3, 0.4) is 0 Å². The smallest absolute Gasteiger partial charge is 0.387 e. The molecule has 1 amide bonds. The molecule has 1 aliphatic rings. The van der Waals surface area contributed by atoms with Gasteiger partial charge in [-0.05, 0) is 47.9 Å². The van der Waals surface area contributed by atoms with Gasteiger partial charge in [0, 0.05) is 12.6 Å². The molecule has 9 heteroatoms. The topological polar surface area (TPSA) is 66.0 Å². The number of hydrogen-bond acceptors (Lipinski definition) is 5. The van der Waals surface area contributed by atoms with E-state index in [1.165, 1.54) is 19.3 Å². The number of methoxy groups -OCH3 is 1. The highest BCUT2D eigenvalue weighted by atomic mass is 35.5. The van der Waals surface area contributed by atoms with E-state index in [9.17, 15) is 13.6 Å². The summed E-state index contributed by atoms with van der Waals surface area (Å²) in [6, 6.07) is 8.15. The van der Waals surface area contributed by atoms with Crippen molar-refractivity contribution in [2.24, 2.45) is 0 Å². The van der Waals surface area contributed by atoms with E-state index in [0.29, 0.717) is 53.8 Å². The zero-order valence-electron chi connectivity index (χ0n) is 16.1. The lowest BCUT2D eigenvalue weighted by molar-refractivity contribution is -0.116. The van der Waals surface area contributed by atoms with Gasteiger partial charge in [-0.25, -0.2) is 0 Å². The molecule has 0 atom stereocenters. The summed E-state index contributed by atoms with van der Waals surface area (Å²) in [7, 11) is 1.37. The molecule has 0 saturated carbocycles. The number of fused-ring (bicyclic) bond motifs is 1. The first-order valence-electron chi connectivity index (χ1n) is 9.13. The Morgan fingerprint density at radius 3 is 2.80 bits per heavy atom. The predicted molar refractivity (Wildman–Crippen MR) is 108 cm³/mol. The van der Waals surface area contributed by atoms with Crippen molar-refractivity contribution in [3.63, 3.8) is 0 Å². The predicted octanol–water partition coefficient (Wildman–Crippen LogP) is 4.09. The van der Waals surface area contributed by atoms with Crippen LogP contribution in [-0.4, -0.2) is 39.4 Å². The molecule has 0 aliphatic carbocycles. The summed E-state index contributed by atoms with van der Waals surface area (Å²) in [5.74, 6) is 0.892. The van der Waals surface area contributed by atoms with Crippen molar-refractivity contribution in [3.8, 4) is 23.0 Å². The molecule has 1 aliphatic heterocycles. The molecule has 6 nitrogen and oxygen atoms in total. The van der Waals surface area contributed by atoms with Gasteiger partial charge in [0.25, 0.3) is 0 Å². The molecular formula is C21H20ClF2NO5. The Morgan fingerprint density at radius 1 is 1.23 bits per heavy atom. The van der Waals surface area contributed by atoms with Crippen molar-refractivity contribution in [1.82, 2.24) is 5.32 Å². The number of rotatable bonds is 8. The van der Waals surface area contributed by atoms with Gasteiger partial charge < -0.3 is 24.3 Å². The zero-order valence-corrected chi connectivity index (χ0v) is 16.9. The molecule has 1 heterocycles. The first-order chi connectivity index (χ1) is 14.5. The minimum absolute atomic E-state index is 0.0493. The number of ether oxygens (including phenoxy) is 4. The first kappa shape index (κ1) is 21.7. The number of benzene rings is 2. The van der Waals surface area contributed by atoms with E-state index in [4.69, 9.17) is 25.8 Å². The number of halogens is 3. The minimum Gasteiger partial charge on any atom is -0.493 e. The summed E-state index contributed by atoms with van der Waals surface area (Å²) in [5.41, 5.74) is 1.41. The Hall–Kier alpha value is -3.00. The third-order valence-corrected chi connectivity index (χ3v) is 4.48. The molecule has 2 aromatic rings. The fraction of sp³-hybridized carbons (Fsp3) is 0.286. The van der Waals surface area contributed by atoms with Crippen molar-refractivity contribution in [2.75, 3.05) is 26.9 Å². The molecule has 160 valence electrons. The lowest BCUT2D eigenvalue weighted by atomic mass is 10.1. The third kappa shape index (κ3) is 5.76. The number of nitrogens with one attached hydrogen (secondary N) is 1. The van der Waals surface area contributed by atoms with E-state index in [1.54, 1.807) is 30.3 Å².